The van der Waals surface area contributed by atoms with E-state index in [9.17, 15) is 0 Å². The van der Waals surface area contributed by atoms with Crippen LogP contribution >= 0.6 is 11.6 Å². The number of nitrogens with zero attached hydrogens (tertiary/aromatic N) is 2. The molecule has 2 N–H and O–H groups in total. The lowest BCUT2D eigenvalue weighted by Gasteiger charge is -1.90. The van der Waals surface area contributed by atoms with E-state index in [2.05, 4.69) is 20.2 Å². The standard InChI is InChI=1S/C11H9ClN4/c1-6-8(5-13-16-6)11-14-9-3-2-7(12)4-10(9)15-11/h2-5H,1H3,(H,13,16)(H,14,15). The average molecular weight is 233 g/mol. The molecule has 0 aliphatic heterocycles. The second kappa shape index (κ2) is 3.35. The second-order valence-electron chi connectivity index (χ2n) is 3.66. The number of hydrogen-bond acceptors (Lipinski definition) is 2. The molecule has 4 nitrogen and oxygen atoms in total. The molecule has 0 spiro atoms. The van der Waals surface area contributed by atoms with Gasteiger partial charge < -0.3 is 4.98 Å². The molecule has 0 bridgehead atoms. The normalized spacial score (nSPS) is 11.1. The second-order valence-corrected chi connectivity index (χ2v) is 4.09. The highest BCUT2D eigenvalue weighted by atomic mass is 35.5. The summed E-state index contributed by atoms with van der Waals surface area (Å²) in [5.74, 6) is 0.809. The minimum Gasteiger partial charge on any atom is -0.338 e. The number of aromatic nitrogens is 4. The van der Waals surface area contributed by atoms with E-state index in [0.29, 0.717) is 5.02 Å². The summed E-state index contributed by atoms with van der Waals surface area (Å²) in [5.41, 5.74) is 3.81. The summed E-state index contributed by atoms with van der Waals surface area (Å²) in [6, 6.07) is 5.59. The van der Waals surface area contributed by atoms with Gasteiger partial charge in [-0.25, -0.2) is 4.98 Å². The molecule has 0 unspecified atom stereocenters. The van der Waals surface area contributed by atoms with E-state index in [1.165, 1.54) is 0 Å². The fourth-order valence-corrected chi connectivity index (χ4v) is 1.87. The third-order valence-electron chi connectivity index (χ3n) is 2.53. The van der Waals surface area contributed by atoms with Gasteiger partial charge in [0.25, 0.3) is 0 Å². The molecule has 0 amide bonds. The lowest BCUT2D eigenvalue weighted by molar-refractivity contribution is 1.05. The molecule has 3 rings (SSSR count). The van der Waals surface area contributed by atoms with E-state index < -0.39 is 0 Å². The zero-order valence-electron chi connectivity index (χ0n) is 8.58. The molecule has 0 aliphatic rings. The zero-order valence-corrected chi connectivity index (χ0v) is 9.34. The summed E-state index contributed by atoms with van der Waals surface area (Å²) >= 11 is 5.92. The Morgan fingerprint density at radius 1 is 1.31 bits per heavy atom. The minimum absolute atomic E-state index is 0.701. The highest BCUT2D eigenvalue weighted by molar-refractivity contribution is 6.31. The molecule has 0 saturated carbocycles. The summed E-state index contributed by atoms with van der Waals surface area (Å²) in [6.07, 6.45) is 1.76. The van der Waals surface area contributed by atoms with Crippen molar-refractivity contribution in [1.29, 1.82) is 0 Å². The Hall–Kier alpha value is -1.81. The summed E-state index contributed by atoms with van der Waals surface area (Å²) in [6.45, 7) is 1.96. The van der Waals surface area contributed by atoms with Crippen LogP contribution in [0.1, 0.15) is 5.69 Å². The SMILES string of the molecule is Cc1[nH]ncc1-c1nc2ccc(Cl)cc2[nH]1. The molecule has 3 aromatic rings. The molecule has 80 valence electrons. The molecule has 0 aliphatic carbocycles. The first-order chi connectivity index (χ1) is 7.74. The molecule has 0 radical (unpaired) electrons. The highest BCUT2D eigenvalue weighted by Gasteiger charge is 2.09. The molecule has 1 aromatic carbocycles. The highest BCUT2D eigenvalue weighted by Crippen LogP contribution is 2.23. The summed E-state index contributed by atoms with van der Waals surface area (Å²) in [4.78, 5) is 7.71. The molecule has 16 heavy (non-hydrogen) atoms. The van der Waals surface area contributed by atoms with Crippen LogP contribution in [0.25, 0.3) is 22.4 Å². The Morgan fingerprint density at radius 2 is 2.19 bits per heavy atom. The monoisotopic (exact) mass is 232 g/mol. The van der Waals surface area contributed by atoms with Crippen molar-refractivity contribution in [3.8, 4) is 11.4 Å². The lowest BCUT2D eigenvalue weighted by Crippen LogP contribution is -1.80. The van der Waals surface area contributed by atoms with Gasteiger partial charge in [-0.1, -0.05) is 11.6 Å². The largest absolute Gasteiger partial charge is 0.338 e. The number of benzene rings is 1. The molecule has 5 heteroatoms. The van der Waals surface area contributed by atoms with Gasteiger partial charge in [0, 0.05) is 10.7 Å². The first kappa shape index (κ1) is 9.42. The molecule has 0 atom stereocenters. The topological polar surface area (TPSA) is 57.4 Å². The number of fused-ring (bicyclic) bond motifs is 1. The van der Waals surface area contributed by atoms with Crippen LogP contribution in [-0.4, -0.2) is 20.2 Å². The van der Waals surface area contributed by atoms with E-state index in [0.717, 1.165) is 28.1 Å². The van der Waals surface area contributed by atoms with Crippen LogP contribution in [0.3, 0.4) is 0 Å². The number of halogens is 1. The maximum Gasteiger partial charge on any atom is 0.141 e. The molecular weight excluding hydrogens is 224 g/mol. The zero-order chi connectivity index (χ0) is 11.1. The number of aryl methyl sites for hydroxylation is 1. The van der Waals surface area contributed by atoms with Crippen LogP contribution in [0.4, 0.5) is 0 Å². The third-order valence-corrected chi connectivity index (χ3v) is 2.76. The van der Waals surface area contributed by atoms with Crippen molar-refractivity contribution in [2.75, 3.05) is 0 Å². The van der Waals surface area contributed by atoms with Crippen molar-refractivity contribution in [3.05, 3.63) is 35.1 Å². The minimum atomic E-state index is 0.701. The van der Waals surface area contributed by atoms with E-state index in [4.69, 9.17) is 11.6 Å². The van der Waals surface area contributed by atoms with Crippen LogP contribution in [-0.2, 0) is 0 Å². The summed E-state index contributed by atoms with van der Waals surface area (Å²) in [5, 5.41) is 7.56. The molecule has 0 saturated heterocycles. The summed E-state index contributed by atoms with van der Waals surface area (Å²) in [7, 11) is 0. The summed E-state index contributed by atoms with van der Waals surface area (Å²) < 4.78 is 0. The van der Waals surface area contributed by atoms with Crippen molar-refractivity contribution < 1.29 is 0 Å². The van der Waals surface area contributed by atoms with Gasteiger partial charge in [-0.3, -0.25) is 5.10 Å². The van der Waals surface area contributed by atoms with E-state index in [-0.39, 0.29) is 0 Å². The number of hydrogen-bond donors (Lipinski definition) is 2. The van der Waals surface area contributed by atoms with Gasteiger partial charge in [-0.05, 0) is 25.1 Å². The van der Waals surface area contributed by atoms with Crippen LogP contribution in [0, 0.1) is 6.92 Å². The Balaban J connectivity index is 2.23. The predicted molar refractivity (Wildman–Crippen MR) is 63.4 cm³/mol. The first-order valence-corrected chi connectivity index (χ1v) is 5.27. The third kappa shape index (κ3) is 1.39. The number of rotatable bonds is 1. The van der Waals surface area contributed by atoms with E-state index in [1.807, 2.05) is 25.1 Å². The van der Waals surface area contributed by atoms with Gasteiger partial charge in [0.1, 0.15) is 5.82 Å². The van der Waals surface area contributed by atoms with Crippen molar-refractivity contribution in [3.63, 3.8) is 0 Å². The first-order valence-electron chi connectivity index (χ1n) is 4.89. The van der Waals surface area contributed by atoms with Gasteiger partial charge in [0.05, 0.1) is 22.8 Å². The van der Waals surface area contributed by atoms with Crippen molar-refractivity contribution in [1.82, 2.24) is 20.2 Å². The fourth-order valence-electron chi connectivity index (χ4n) is 1.70. The van der Waals surface area contributed by atoms with Crippen molar-refractivity contribution in [2.45, 2.75) is 6.92 Å². The van der Waals surface area contributed by atoms with Gasteiger partial charge in [-0.2, -0.15) is 5.10 Å². The average Bonchev–Trinajstić information content (AvgIpc) is 2.82. The predicted octanol–water partition coefficient (Wildman–Crippen LogP) is 2.91. The van der Waals surface area contributed by atoms with Crippen LogP contribution in [0.2, 0.25) is 5.02 Å². The number of nitrogens with one attached hydrogen (secondary N) is 2. The Bertz CT molecular complexity index is 653. The number of H-pyrrole nitrogens is 2. The molecule has 0 fully saturated rings. The van der Waals surface area contributed by atoms with Gasteiger partial charge in [0.2, 0.25) is 0 Å². The number of imidazole rings is 1. The van der Waals surface area contributed by atoms with Crippen LogP contribution in [0.5, 0.6) is 0 Å². The fraction of sp³-hybridized carbons (Fsp3) is 0.0909. The Labute approximate surface area is 96.7 Å². The number of aromatic amines is 2. The quantitative estimate of drug-likeness (QED) is 0.678. The Morgan fingerprint density at radius 3 is 2.94 bits per heavy atom. The van der Waals surface area contributed by atoms with Gasteiger partial charge in [0.15, 0.2) is 0 Å². The van der Waals surface area contributed by atoms with Crippen LogP contribution < -0.4 is 0 Å². The molecule has 2 aromatic heterocycles. The maximum atomic E-state index is 5.92. The maximum absolute atomic E-state index is 5.92. The van der Waals surface area contributed by atoms with E-state index >= 15 is 0 Å². The molecule has 2 heterocycles. The van der Waals surface area contributed by atoms with Crippen LogP contribution in [0.15, 0.2) is 24.4 Å². The van der Waals surface area contributed by atoms with Gasteiger partial charge >= 0.3 is 0 Å². The smallest absolute Gasteiger partial charge is 0.141 e. The van der Waals surface area contributed by atoms with Crippen molar-refractivity contribution >= 4 is 22.6 Å². The lowest BCUT2D eigenvalue weighted by atomic mass is 10.2. The van der Waals surface area contributed by atoms with E-state index in [1.54, 1.807) is 6.20 Å². The van der Waals surface area contributed by atoms with Gasteiger partial charge in [-0.15, -0.1) is 0 Å². The van der Waals surface area contributed by atoms with Crippen molar-refractivity contribution in [2.24, 2.45) is 0 Å². The Kier molecular flexibility index (Phi) is 1.97. The molecular formula is C11H9ClN4.